The number of aromatic nitrogens is 1. The highest BCUT2D eigenvalue weighted by Gasteiger charge is 2.44. The van der Waals surface area contributed by atoms with Crippen LogP contribution < -0.4 is 9.64 Å². The van der Waals surface area contributed by atoms with Crippen LogP contribution >= 0.6 is 11.3 Å². The van der Waals surface area contributed by atoms with Crippen molar-refractivity contribution in [1.82, 2.24) is 9.88 Å². The fourth-order valence-corrected chi connectivity index (χ4v) is 6.18. The topological polar surface area (TPSA) is 28.6 Å². The molecule has 1 saturated heterocycles. The van der Waals surface area contributed by atoms with Crippen molar-refractivity contribution < 1.29 is 4.74 Å². The van der Waals surface area contributed by atoms with Crippen LogP contribution in [-0.2, 0) is 6.54 Å². The minimum Gasteiger partial charge on any atom is -0.497 e. The van der Waals surface area contributed by atoms with E-state index in [0.717, 1.165) is 48.6 Å². The van der Waals surface area contributed by atoms with Crippen molar-refractivity contribution in [2.75, 3.05) is 32.1 Å². The largest absolute Gasteiger partial charge is 0.497 e. The Bertz CT molecular complexity index is 989. The molecule has 1 aliphatic carbocycles. The lowest BCUT2D eigenvalue weighted by atomic mass is 9.90. The molecule has 2 bridgehead atoms. The number of pyridine rings is 1. The van der Waals surface area contributed by atoms with Crippen molar-refractivity contribution in [3.05, 3.63) is 52.2 Å². The van der Waals surface area contributed by atoms with E-state index in [4.69, 9.17) is 9.72 Å². The Kier molecular flexibility index (Phi) is 4.96. The van der Waals surface area contributed by atoms with Gasteiger partial charge >= 0.3 is 0 Å². The van der Waals surface area contributed by atoms with E-state index in [1.807, 2.05) is 6.07 Å². The zero-order valence-electron chi connectivity index (χ0n) is 17.5. The van der Waals surface area contributed by atoms with Gasteiger partial charge in [-0.2, -0.15) is 11.3 Å². The summed E-state index contributed by atoms with van der Waals surface area (Å²) in [6.45, 7) is 5.48. The molecular weight excluding hydrogens is 378 g/mol. The van der Waals surface area contributed by atoms with E-state index >= 15 is 0 Å². The molecular formula is C24H29N3OS. The molecule has 29 heavy (non-hydrogen) atoms. The van der Waals surface area contributed by atoms with Crippen LogP contribution in [0.15, 0.2) is 41.1 Å². The third-order valence-corrected chi connectivity index (χ3v) is 7.57. The smallest absolute Gasteiger partial charge is 0.129 e. The standard InChI is InChI=1S/C24H29N3OS/c1-16-10-23(25-22-7-6-20(28-3)11-21(16)22)27-13-18-4-5-19(14-27)24(18)26(2)12-17-8-9-29-15-17/h6-11,15,18-19,24H,4-5,12-14H2,1-3H3. The van der Waals surface area contributed by atoms with Gasteiger partial charge in [0.05, 0.1) is 12.6 Å². The molecule has 5 rings (SSSR count). The van der Waals surface area contributed by atoms with Gasteiger partial charge in [0, 0.05) is 31.1 Å². The Hall–Kier alpha value is -2.11. The number of thiophene rings is 1. The Morgan fingerprint density at radius 3 is 2.66 bits per heavy atom. The maximum Gasteiger partial charge on any atom is 0.129 e. The van der Waals surface area contributed by atoms with Crippen molar-refractivity contribution in [1.29, 1.82) is 0 Å². The summed E-state index contributed by atoms with van der Waals surface area (Å²) in [6, 6.07) is 11.4. The van der Waals surface area contributed by atoms with E-state index in [1.54, 1.807) is 18.4 Å². The molecule has 2 unspecified atom stereocenters. The number of rotatable bonds is 5. The van der Waals surface area contributed by atoms with E-state index in [-0.39, 0.29) is 0 Å². The van der Waals surface area contributed by atoms with E-state index in [1.165, 1.54) is 29.4 Å². The Morgan fingerprint density at radius 1 is 1.17 bits per heavy atom. The van der Waals surface area contributed by atoms with E-state index in [2.05, 4.69) is 58.8 Å². The molecule has 0 N–H and O–H groups in total. The molecule has 2 aliphatic rings. The van der Waals surface area contributed by atoms with Crippen LogP contribution in [0.2, 0.25) is 0 Å². The fraction of sp³-hybridized carbons (Fsp3) is 0.458. The highest BCUT2D eigenvalue weighted by atomic mass is 32.1. The summed E-state index contributed by atoms with van der Waals surface area (Å²) in [7, 11) is 4.03. The molecule has 2 aromatic heterocycles. The Balaban J connectivity index is 1.36. The van der Waals surface area contributed by atoms with Crippen LogP contribution in [0.5, 0.6) is 5.75 Å². The molecule has 0 spiro atoms. The number of benzene rings is 1. The van der Waals surface area contributed by atoms with Gasteiger partial charge in [0.2, 0.25) is 0 Å². The number of fused-ring (bicyclic) bond motifs is 3. The maximum absolute atomic E-state index is 5.39. The van der Waals surface area contributed by atoms with Gasteiger partial charge in [0.15, 0.2) is 0 Å². The zero-order valence-corrected chi connectivity index (χ0v) is 18.3. The number of hydrogen-bond acceptors (Lipinski definition) is 5. The number of aryl methyl sites for hydroxylation is 1. The number of piperidine rings is 1. The molecule has 4 nitrogen and oxygen atoms in total. The van der Waals surface area contributed by atoms with Gasteiger partial charge in [-0.05, 0) is 90.9 Å². The summed E-state index contributed by atoms with van der Waals surface area (Å²) in [4.78, 5) is 10.2. The summed E-state index contributed by atoms with van der Waals surface area (Å²) in [5.74, 6) is 3.48. The average molecular weight is 408 g/mol. The molecule has 5 heteroatoms. The molecule has 0 amide bonds. The van der Waals surface area contributed by atoms with Crippen LogP contribution in [0.4, 0.5) is 5.82 Å². The third kappa shape index (κ3) is 3.51. The van der Waals surface area contributed by atoms with E-state index in [9.17, 15) is 0 Å². The predicted molar refractivity (Wildman–Crippen MR) is 121 cm³/mol. The molecule has 1 aliphatic heterocycles. The number of ether oxygens (including phenoxy) is 1. The predicted octanol–water partition coefficient (Wildman–Crippen LogP) is 4.96. The van der Waals surface area contributed by atoms with Crippen LogP contribution in [0.25, 0.3) is 10.9 Å². The SMILES string of the molecule is COc1ccc2nc(N3CC4CCC(C3)C4N(C)Cc3ccsc3)cc(C)c2c1. The first-order valence-electron chi connectivity index (χ1n) is 10.5. The molecule has 1 saturated carbocycles. The first-order valence-corrected chi connectivity index (χ1v) is 11.5. The Morgan fingerprint density at radius 2 is 1.97 bits per heavy atom. The first-order chi connectivity index (χ1) is 14.1. The van der Waals surface area contributed by atoms with Crippen molar-refractivity contribution in [3.8, 4) is 5.75 Å². The van der Waals surface area contributed by atoms with Crippen LogP contribution in [-0.4, -0.2) is 43.2 Å². The van der Waals surface area contributed by atoms with Gasteiger partial charge in [0.25, 0.3) is 0 Å². The van der Waals surface area contributed by atoms with Gasteiger partial charge in [0.1, 0.15) is 11.6 Å². The molecule has 3 heterocycles. The van der Waals surface area contributed by atoms with Crippen molar-refractivity contribution in [2.24, 2.45) is 11.8 Å². The maximum atomic E-state index is 5.39. The molecule has 0 radical (unpaired) electrons. The van der Waals surface area contributed by atoms with Gasteiger partial charge < -0.3 is 9.64 Å². The van der Waals surface area contributed by atoms with Crippen LogP contribution in [0, 0.1) is 18.8 Å². The van der Waals surface area contributed by atoms with Gasteiger partial charge in [-0.15, -0.1) is 0 Å². The molecule has 152 valence electrons. The van der Waals surface area contributed by atoms with Crippen LogP contribution in [0.1, 0.15) is 24.0 Å². The summed E-state index contributed by atoms with van der Waals surface area (Å²) in [5, 5.41) is 5.65. The second-order valence-electron chi connectivity index (χ2n) is 8.72. The van der Waals surface area contributed by atoms with Crippen molar-refractivity contribution in [2.45, 2.75) is 32.4 Å². The second kappa shape index (κ2) is 7.62. The molecule has 2 atom stereocenters. The van der Waals surface area contributed by atoms with E-state index in [0.29, 0.717) is 6.04 Å². The fourth-order valence-electron chi connectivity index (χ4n) is 5.52. The highest BCUT2D eigenvalue weighted by Crippen LogP contribution is 2.41. The number of methoxy groups -OCH3 is 1. The summed E-state index contributed by atoms with van der Waals surface area (Å²) in [5.41, 5.74) is 3.78. The minimum absolute atomic E-state index is 0.692. The lowest BCUT2D eigenvalue weighted by Gasteiger charge is -2.43. The zero-order chi connectivity index (χ0) is 20.0. The second-order valence-corrected chi connectivity index (χ2v) is 9.50. The normalized spacial score (nSPS) is 23.9. The summed E-state index contributed by atoms with van der Waals surface area (Å²) >= 11 is 1.80. The molecule has 1 aromatic carbocycles. The van der Waals surface area contributed by atoms with Crippen LogP contribution in [0.3, 0.4) is 0 Å². The van der Waals surface area contributed by atoms with Gasteiger partial charge in [-0.25, -0.2) is 4.98 Å². The number of hydrogen-bond donors (Lipinski definition) is 0. The third-order valence-electron chi connectivity index (χ3n) is 6.84. The van der Waals surface area contributed by atoms with Gasteiger partial charge in [-0.1, -0.05) is 0 Å². The monoisotopic (exact) mass is 407 g/mol. The van der Waals surface area contributed by atoms with Gasteiger partial charge in [-0.3, -0.25) is 4.90 Å². The molecule has 3 aromatic rings. The average Bonchev–Trinajstić information content (AvgIpc) is 3.33. The van der Waals surface area contributed by atoms with Crippen molar-refractivity contribution in [3.63, 3.8) is 0 Å². The lowest BCUT2D eigenvalue weighted by molar-refractivity contribution is 0.135. The summed E-state index contributed by atoms with van der Waals surface area (Å²) < 4.78 is 5.39. The quantitative estimate of drug-likeness (QED) is 0.598. The number of nitrogens with zero attached hydrogens (tertiary/aromatic N) is 3. The Labute approximate surface area is 177 Å². The summed E-state index contributed by atoms with van der Waals surface area (Å²) in [6.07, 6.45) is 2.67. The van der Waals surface area contributed by atoms with E-state index < -0.39 is 0 Å². The first kappa shape index (κ1) is 18.9. The lowest BCUT2D eigenvalue weighted by Crippen LogP contribution is -2.51. The molecule has 2 fully saturated rings. The minimum atomic E-state index is 0.692. The van der Waals surface area contributed by atoms with Crippen molar-refractivity contribution >= 4 is 28.1 Å². The highest BCUT2D eigenvalue weighted by molar-refractivity contribution is 7.07. The number of anilines is 1.